The van der Waals surface area contributed by atoms with Gasteiger partial charge in [-0.15, -0.1) is 0 Å². The van der Waals surface area contributed by atoms with Crippen LogP contribution in [0, 0.1) is 0 Å². The normalized spacial score (nSPS) is 23.4. The van der Waals surface area contributed by atoms with Crippen LogP contribution in [-0.2, 0) is 20.9 Å². The first-order valence-corrected chi connectivity index (χ1v) is 5.16. The van der Waals surface area contributed by atoms with E-state index in [2.05, 4.69) is 0 Å². The van der Waals surface area contributed by atoms with Crippen molar-refractivity contribution in [1.82, 2.24) is 4.90 Å². The molecule has 0 bridgehead atoms. The molecule has 1 amide bonds. The van der Waals surface area contributed by atoms with Crippen LogP contribution in [0.1, 0.15) is 24.0 Å². The molecule has 0 radical (unpaired) electrons. The van der Waals surface area contributed by atoms with Crippen molar-refractivity contribution >= 4 is 12.9 Å². The van der Waals surface area contributed by atoms with E-state index in [0.29, 0.717) is 13.0 Å². The van der Waals surface area contributed by atoms with E-state index in [-0.39, 0.29) is 5.92 Å². The third-order valence-electron chi connectivity index (χ3n) is 2.98. The van der Waals surface area contributed by atoms with Gasteiger partial charge in [0.05, 0.1) is 0 Å². The number of hydrogen-bond acceptors (Lipinski definition) is 3. The molecule has 0 aliphatic carbocycles. The van der Waals surface area contributed by atoms with Crippen molar-refractivity contribution in [3.05, 3.63) is 35.4 Å². The molecule has 0 saturated carbocycles. The Hall–Kier alpha value is -1.84. The number of ether oxygens (including phenoxy) is 1. The summed E-state index contributed by atoms with van der Waals surface area (Å²) in [5.41, 5.74) is 2.24. The minimum absolute atomic E-state index is 0.000324. The summed E-state index contributed by atoms with van der Waals surface area (Å²) in [4.78, 5) is 22.9. The SMILES string of the molecule is CC1c2ccccc2CN(C=O)C1OC=O. The third-order valence-corrected chi connectivity index (χ3v) is 2.98. The Morgan fingerprint density at radius 2 is 2.12 bits per heavy atom. The molecule has 16 heavy (non-hydrogen) atoms. The summed E-state index contributed by atoms with van der Waals surface area (Å²) < 4.78 is 4.97. The molecule has 0 fully saturated rings. The highest BCUT2D eigenvalue weighted by atomic mass is 16.5. The number of benzene rings is 1. The van der Waals surface area contributed by atoms with Gasteiger partial charge in [-0.1, -0.05) is 31.2 Å². The summed E-state index contributed by atoms with van der Waals surface area (Å²) in [5, 5.41) is 0. The number of rotatable bonds is 3. The van der Waals surface area contributed by atoms with Gasteiger partial charge < -0.3 is 9.64 Å². The van der Waals surface area contributed by atoms with E-state index < -0.39 is 6.23 Å². The average Bonchev–Trinajstić information content (AvgIpc) is 2.33. The molecule has 0 aromatic heterocycles. The predicted molar refractivity (Wildman–Crippen MR) is 57.4 cm³/mol. The summed E-state index contributed by atoms with van der Waals surface area (Å²) in [6.07, 6.45) is 0.227. The monoisotopic (exact) mass is 219 g/mol. The minimum atomic E-state index is -0.495. The predicted octanol–water partition coefficient (Wildman–Crippen LogP) is 1.26. The standard InChI is InChI=1S/C12H13NO3/c1-9-11-5-3-2-4-10(11)6-13(7-14)12(9)16-8-15/h2-5,7-9,12H,6H2,1H3. The van der Waals surface area contributed by atoms with Crippen LogP contribution in [0.2, 0.25) is 0 Å². The Morgan fingerprint density at radius 3 is 2.81 bits per heavy atom. The molecule has 1 heterocycles. The van der Waals surface area contributed by atoms with Crippen molar-refractivity contribution < 1.29 is 14.3 Å². The zero-order chi connectivity index (χ0) is 11.5. The molecule has 0 spiro atoms. The smallest absolute Gasteiger partial charge is 0.295 e. The quantitative estimate of drug-likeness (QED) is 0.719. The third kappa shape index (κ3) is 1.66. The molecule has 2 rings (SSSR count). The molecule has 2 unspecified atom stereocenters. The number of amides is 1. The Bertz CT molecular complexity index is 405. The summed E-state index contributed by atoms with van der Waals surface area (Å²) in [7, 11) is 0. The molecule has 1 aliphatic heterocycles. The molecule has 1 aliphatic rings. The first kappa shape index (κ1) is 10.7. The van der Waals surface area contributed by atoms with E-state index in [1.54, 1.807) is 0 Å². The van der Waals surface area contributed by atoms with E-state index in [4.69, 9.17) is 4.74 Å². The van der Waals surface area contributed by atoms with Crippen LogP contribution in [0.25, 0.3) is 0 Å². The van der Waals surface area contributed by atoms with E-state index in [9.17, 15) is 9.59 Å². The highest BCUT2D eigenvalue weighted by Gasteiger charge is 2.32. The van der Waals surface area contributed by atoms with Crippen LogP contribution in [-0.4, -0.2) is 24.0 Å². The summed E-state index contributed by atoms with van der Waals surface area (Å²) in [6, 6.07) is 7.88. The van der Waals surface area contributed by atoms with Gasteiger partial charge in [-0.05, 0) is 11.1 Å². The molecule has 0 N–H and O–H groups in total. The summed E-state index contributed by atoms with van der Waals surface area (Å²) in [5.74, 6) is 0.000324. The molecule has 4 nitrogen and oxygen atoms in total. The largest absolute Gasteiger partial charge is 0.443 e. The van der Waals surface area contributed by atoms with Crippen LogP contribution >= 0.6 is 0 Å². The molecule has 84 valence electrons. The molecule has 0 saturated heterocycles. The van der Waals surface area contributed by atoms with Crippen molar-refractivity contribution in [3.63, 3.8) is 0 Å². The first-order valence-electron chi connectivity index (χ1n) is 5.16. The van der Waals surface area contributed by atoms with Crippen LogP contribution in [0.3, 0.4) is 0 Å². The van der Waals surface area contributed by atoms with Crippen LogP contribution in [0.4, 0.5) is 0 Å². The maximum absolute atomic E-state index is 10.9. The fourth-order valence-electron chi connectivity index (χ4n) is 2.20. The van der Waals surface area contributed by atoms with Gasteiger partial charge in [0.25, 0.3) is 6.47 Å². The van der Waals surface area contributed by atoms with Crippen LogP contribution < -0.4 is 0 Å². The molecular weight excluding hydrogens is 206 g/mol. The molecule has 1 aromatic rings. The maximum atomic E-state index is 10.9. The molecular formula is C12H13NO3. The average molecular weight is 219 g/mol. The van der Waals surface area contributed by atoms with E-state index in [0.717, 1.165) is 17.5 Å². The van der Waals surface area contributed by atoms with Gasteiger partial charge in [0, 0.05) is 12.5 Å². The van der Waals surface area contributed by atoms with Gasteiger partial charge in [0.15, 0.2) is 6.23 Å². The number of hydrogen-bond donors (Lipinski definition) is 0. The van der Waals surface area contributed by atoms with Gasteiger partial charge >= 0.3 is 0 Å². The highest BCUT2D eigenvalue weighted by Crippen LogP contribution is 2.32. The topological polar surface area (TPSA) is 46.6 Å². The Morgan fingerprint density at radius 1 is 1.38 bits per heavy atom. The first-order chi connectivity index (χ1) is 7.77. The van der Waals surface area contributed by atoms with Gasteiger partial charge in [0.1, 0.15) is 0 Å². The van der Waals surface area contributed by atoms with Crippen molar-refractivity contribution in [3.8, 4) is 0 Å². The van der Waals surface area contributed by atoms with E-state index in [1.165, 1.54) is 4.90 Å². The lowest BCUT2D eigenvalue weighted by molar-refractivity contribution is -0.152. The van der Waals surface area contributed by atoms with Crippen LogP contribution in [0.5, 0.6) is 0 Å². The van der Waals surface area contributed by atoms with Crippen molar-refractivity contribution in [1.29, 1.82) is 0 Å². The lowest BCUT2D eigenvalue weighted by Gasteiger charge is -2.37. The highest BCUT2D eigenvalue weighted by molar-refractivity contribution is 5.51. The van der Waals surface area contributed by atoms with Gasteiger partial charge in [-0.25, -0.2) is 0 Å². The summed E-state index contributed by atoms with van der Waals surface area (Å²) >= 11 is 0. The number of carbonyl (C=O) groups excluding carboxylic acids is 2. The van der Waals surface area contributed by atoms with Crippen molar-refractivity contribution in [2.75, 3.05) is 0 Å². The number of nitrogens with zero attached hydrogens (tertiary/aromatic N) is 1. The van der Waals surface area contributed by atoms with Gasteiger partial charge in [0.2, 0.25) is 6.41 Å². The van der Waals surface area contributed by atoms with Gasteiger partial charge in [-0.2, -0.15) is 0 Å². The second kappa shape index (κ2) is 4.35. The second-order valence-electron chi connectivity index (χ2n) is 3.89. The zero-order valence-corrected chi connectivity index (χ0v) is 9.00. The fourth-order valence-corrected chi connectivity index (χ4v) is 2.20. The molecule has 4 heteroatoms. The Labute approximate surface area is 93.8 Å². The van der Waals surface area contributed by atoms with Gasteiger partial charge in [-0.3, -0.25) is 9.59 Å². The lowest BCUT2D eigenvalue weighted by atomic mass is 9.90. The zero-order valence-electron chi connectivity index (χ0n) is 9.00. The molecule has 1 aromatic carbocycles. The minimum Gasteiger partial charge on any atom is -0.443 e. The fraction of sp³-hybridized carbons (Fsp3) is 0.333. The number of carbonyl (C=O) groups is 2. The van der Waals surface area contributed by atoms with E-state index in [1.807, 2.05) is 31.2 Å². The van der Waals surface area contributed by atoms with E-state index >= 15 is 0 Å². The van der Waals surface area contributed by atoms with Crippen molar-refractivity contribution in [2.24, 2.45) is 0 Å². The molecule has 2 atom stereocenters. The Balaban J connectivity index is 2.37. The summed E-state index contributed by atoms with van der Waals surface area (Å²) in [6.45, 7) is 2.83. The maximum Gasteiger partial charge on any atom is 0.295 e. The Kier molecular flexibility index (Phi) is 2.90. The van der Waals surface area contributed by atoms with Crippen molar-refractivity contribution in [2.45, 2.75) is 25.6 Å². The lowest BCUT2D eigenvalue weighted by Crippen LogP contribution is -2.43. The van der Waals surface area contributed by atoms with Crippen LogP contribution in [0.15, 0.2) is 24.3 Å². The second-order valence-corrected chi connectivity index (χ2v) is 3.89. The number of fused-ring (bicyclic) bond motifs is 1.